The van der Waals surface area contributed by atoms with Crippen molar-refractivity contribution in [2.45, 2.75) is 195 Å². The van der Waals surface area contributed by atoms with Crippen LogP contribution in [0.25, 0.3) is 0 Å². The number of benzene rings is 4. The van der Waals surface area contributed by atoms with Gasteiger partial charge in [0.25, 0.3) is 0 Å². The summed E-state index contributed by atoms with van der Waals surface area (Å²) in [5.41, 5.74) is 6.16. The molecule has 81 heavy (non-hydrogen) atoms. The van der Waals surface area contributed by atoms with E-state index in [-0.39, 0.29) is 18.0 Å². The minimum Gasteiger partial charge on any atom is -0.497 e. The molecule has 0 bridgehead atoms. The predicted molar refractivity (Wildman–Crippen MR) is 328 cm³/mol. The quantitative estimate of drug-likeness (QED) is 0.0157. The van der Waals surface area contributed by atoms with E-state index < -0.39 is 0 Å². The van der Waals surface area contributed by atoms with Crippen molar-refractivity contribution in [3.8, 4) is 17.2 Å². The van der Waals surface area contributed by atoms with Gasteiger partial charge >= 0.3 is 11.9 Å². The van der Waals surface area contributed by atoms with Gasteiger partial charge in [0, 0.05) is 19.1 Å². The number of ether oxygens (including phenoxy) is 5. The standard InChI is InChI=1S/C71H97N3O7/c1-52(2)20-19-21-53(3)65-41-42-66-64-40-27-56-50-63(43-45-70(56,4)67(64)44-46-71(65,66)5)81-68(75)22-15-12-10-8-7-9-11-13-16-47-78-61-34-23-54(24-35-61)51-72-57-28-25-55(26-29-57)69(76)80-49-18-14-17-48-79-62-38-32-59(33-39-62)74-73-58-30-36-60(77-6)37-31-58/h23-39,51-53,63-67H,7-22,40-50H2,1-6H3/t53-,63+,64+,65-,66+,67+,70+,71-/m1/s1. The van der Waals surface area contributed by atoms with E-state index in [1.54, 1.807) is 24.8 Å². The third kappa shape index (κ3) is 17.9. The SMILES string of the molecule is COc1ccc(N=Nc2ccc(OCCCCCOC(=O)c3ccc(N=Cc4ccc(OCCCCCCCCCCCC(=O)O[C@H]5CC[C@@]6(C)C(=CC[C@H]7[C@@H]8CC[C@H]([C@H](C)CCCC(C)C)[C@@]8(C)CC[C@@H]76)C5)cc4)cc3)cc2)cc1. The first-order valence-electron chi connectivity index (χ1n) is 31.6. The Labute approximate surface area is 486 Å². The van der Waals surface area contributed by atoms with Gasteiger partial charge in [0.05, 0.1) is 49.6 Å². The summed E-state index contributed by atoms with van der Waals surface area (Å²) in [5.74, 6) is 7.20. The number of allylic oxidation sites excluding steroid dienone is 1. The predicted octanol–water partition coefficient (Wildman–Crippen LogP) is 19.5. The van der Waals surface area contributed by atoms with Crippen molar-refractivity contribution in [2.75, 3.05) is 26.9 Å². The number of aliphatic imine (C=N–C) groups is 1. The van der Waals surface area contributed by atoms with Crippen LogP contribution in [0.3, 0.4) is 0 Å². The number of fused-ring (bicyclic) bond motifs is 5. The van der Waals surface area contributed by atoms with Gasteiger partial charge in [-0.3, -0.25) is 9.79 Å². The maximum absolute atomic E-state index is 13.0. The van der Waals surface area contributed by atoms with Gasteiger partial charge in [-0.25, -0.2) is 4.79 Å². The maximum Gasteiger partial charge on any atom is 0.338 e. The molecular formula is C71H97N3O7. The third-order valence-corrected chi connectivity index (χ3v) is 19.2. The van der Waals surface area contributed by atoms with Gasteiger partial charge in [0.2, 0.25) is 0 Å². The van der Waals surface area contributed by atoms with E-state index in [0.717, 1.165) is 127 Å². The van der Waals surface area contributed by atoms with Gasteiger partial charge in [-0.05, 0) is 226 Å². The number of carbonyl (C=O) groups excluding carboxylic acids is 2. The molecule has 0 aliphatic heterocycles. The third-order valence-electron chi connectivity index (χ3n) is 19.2. The first-order valence-corrected chi connectivity index (χ1v) is 31.6. The molecule has 3 fully saturated rings. The second-order valence-corrected chi connectivity index (χ2v) is 25.2. The molecule has 0 unspecified atom stereocenters. The molecule has 0 aromatic heterocycles. The van der Waals surface area contributed by atoms with Crippen molar-refractivity contribution in [3.63, 3.8) is 0 Å². The van der Waals surface area contributed by atoms with E-state index in [1.807, 2.05) is 91.1 Å². The average Bonchev–Trinajstić information content (AvgIpc) is 3.70. The van der Waals surface area contributed by atoms with E-state index in [0.29, 0.717) is 42.6 Å². The number of esters is 2. The summed E-state index contributed by atoms with van der Waals surface area (Å²) >= 11 is 0. The Kier molecular flexibility index (Phi) is 23.5. The van der Waals surface area contributed by atoms with Crippen molar-refractivity contribution in [3.05, 3.63) is 120 Å². The molecule has 0 amide bonds. The highest BCUT2D eigenvalue weighted by molar-refractivity contribution is 5.90. The highest BCUT2D eigenvalue weighted by atomic mass is 16.5. The number of hydrogen-bond donors (Lipinski definition) is 0. The van der Waals surface area contributed by atoms with Crippen molar-refractivity contribution in [2.24, 2.45) is 61.6 Å². The van der Waals surface area contributed by atoms with Crippen LogP contribution in [-0.4, -0.2) is 51.2 Å². The van der Waals surface area contributed by atoms with E-state index in [1.165, 1.54) is 96.3 Å². The average molecular weight is 1100 g/mol. The molecule has 4 aromatic carbocycles. The van der Waals surface area contributed by atoms with Gasteiger partial charge in [-0.15, -0.1) is 0 Å². The lowest BCUT2D eigenvalue weighted by atomic mass is 9.47. The maximum atomic E-state index is 13.0. The number of methoxy groups -OCH3 is 1. The Balaban J connectivity index is 0.603. The summed E-state index contributed by atoms with van der Waals surface area (Å²) in [5, 5.41) is 8.54. The molecule has 4 aliphatic carbocycles. The van der Waals surface area contributed by atoms with Crippen molar-refractivity contribution in [1.29, 1.82) is 0 Å². The van der Waals surface area contributed by atoms with Crippen LogP contribution in [0, 0.1) is 46.3 Å². The topological polar surface area (TPSA) is 117 Å². The molecule has 0 radical (unpaired) electrons. The summed E-state index contributed by atoms with van der Waals surface area (Å²) in [6.45, 7) is 14.3. The Bertz CT molecular complexity index is 2630. The fourth-order valence-electron chi connectivity index (χ4n) is 14.5. The van der Waals surface area contributed by atoms with Crippen molar-refractivity contribution >= 4 is 35.2 Å². The summed E-state index contributed by atoms with van der Waals surface area (Å²) in [4.78, 5) is 30.3. The molecule has 0 saturated heterocycles. The Morgan fingerprint density at radius 2 is 1.19 bits per heavy atom. The van der Waals surface area contributed by atoms with Crippen LogP contribution in [-0.2, 0) is 14.3 Å². The van der Waals surface area contributed by atoms with Crippen LogP contribution >= 0.6 is 0 Å². The van der Waals surface area contributed by atoms with E-state index in [4.69, 9.17) is 23.7 Å². The lowest BCUT2D eigenvalue weighted by Crippen LogP contribution is -2.51. The van der Waals surface area contributed by atoms with Crippen LogP contribution in [0.2, 0.25) is 0 Å². The minimum absolute atomic E-state index is 0.0209. The van der Waals surface area contributed by atoms with Gasteiger partial charge in [-0.1, -0.05) is 110 Å². The number of rotatable bonds is 32. The van der Waals surface area contributed by atoms with Crippen molar-refractivity contribution in [1.82, 2.24) is 0 Å². The molecule has 0 spiro atoms. The largest absolute Gasteiger partial charge is 0.497 e. The van der Waals surface area contributed by atoms with Crippen LogP contribution in [0.5, 0.6) is 17.2 Å². The normalized spacial score (nSPS) is 23.6. The molecule has 10 nitrogen and oxygen atoms in total. The summed E-state index contributed by atoms with van der Waals surface area (Å²) < 4.78 is 28.8. The zero-order valence-corrected chi connectivity index (χ0v) is 50.2. The molecule has 0 N–H and O–H groups in total. The second kappa shape index (κ2) is 31.0. The zero-order valence-electron chi connectivity index (χ0n) is 50.2. The second-order valence-electron chi connectivity index (χ2n) is 25.2. The van der Waals surface area contributed by atoms with E-state index >= 15 is 0 Å². The molecule has 4 aliphatic rings. The van der Waals surface area contributed by atoms with Gasteiger partial charge in [-0.2, -0.15) is 10.2 Å². The highest BCUT2D eigenvalue weighted by Crippen LogP contribution is 2.67. The molecule has 10 heteroatoms. The number of carbonyl (C=O) groups is 2. The lowest BCUT2D eigenvalue weighted by molar-refractivity contribution is -0.151. The first-order chi connectivity index (χ1) is 39.4. The molecule has 3 saturated carbocycles. The lowest BCUT2D eigenvalue weighted by Gasteiger charge is -2.58. The number of azo groups is 1. The summed E-state index contributed by atoms with van der Waals surface area (Å²) in [6, 6.07) is 30.1. The van der Waals surface area contributed by atoms with Crippen LogP contribution in [0.1, 0.15) is 205 Å². The monoisotopic (exact) mass is 1100 g/mol. The molecular weight excluding hydrogens is 1010 g/mol. The Morgan fingerprint density at radius 3 is 1.83 bits per heavy atom. The van der Waals surface area contributed by atoms with Gasteiger partial charge < -0.3 is 23.7 Å². The van der Waals surface area contributed by atoms with E-state index in [2.05, 4.69) is 55.9 Å². The smallest absolute Gasteiger partial charge is 0.338 e. The summed E-state index contributed by atoms with van der Waals surface area (Å²) in [6.07, 6.45) is 32.3. The van der Waals surface area contributed by atoms with Crippen LogP contribution in [0.4, 0.5) is 17.1 Å². The zero-order chi connectivity index (χ0) is 56.9. The fourth-order valence-corrected chi connectivity index (χ4v) is 14.5. The number of unbranched alkanes of at least 4 members (excludes halogenated alkanes) is 10. The highest BCUT2D eigenvalue weighted by Gasteiger charge is 2.59. The molecule has 4 aromatic rings. The first kappa shape index (κ1) is 61.3. The number of nitrogens with zero attached hydrogens (tertiary/aromatic N) is 3. The number of hydrogen-bond acceptors (Lipinski definition) is 10. The van der Waals surface area contributed by atoms with Gasteiger partial charge in [0.15, 0.2) is 0 Å². The van der Waals surface area contributed by atoms with Crippen LogP contribution in [0.15, 0.2) is 124 Å². The molecule has 0 heterocycles. The molecule has 8 rings (SSSR count). The molecule has 8 atom stereocenters. The molecule has 438 valence electrons. The van der Waals surface area contributed by atoms with E-state index in [9.17, 15) is 9.59 Å². The minimum atomic E-state index is -0.337. The fraction of sp³-hybridized carbons (Fsp3) is 0.592. The van der Waals surface area contributed by atoms with Crippen LogP contribution < -0.4 is 14.2 Å². The Morgan fingerprint density at radius 1 is 0.605 bits per heavy atom. The van der Waals surface area contributed by atoms with Gasteiger partial charge in [0.1, 0.15) is 23.4 Å². The Hall–Kier alpha value is -5.77. The van der Waals surface area contributed by atoms with Crippen molar-refractivity contribution < 1.29 is 33.3 Å². The summed E-state index contributed by atoms with van der Waals surface area (Å²) in [7, 11) is 1.63.